The average molecular weight is 216 g/mol. The summed E-state index contributed by atoms with van der Waals surface area (Å²) in [7, 11) is 0. The molecule has 3 nitrogen and oxygen atoms in total. The molecule has 1 aromatic carbocycles. The molecule has 84 valence electrons. The molecule has 2 fully saturated rings. The minimum absolute atomic E-state index is 0.0723. The number of carbonyl (C=O) groups excluding carboxylic acids is 1. The van der Waals surface area contributed by atoms with Crippen molar-refractivity contribution in [3.63, 3.8) is 0 Å². The van der Waals surface area contributed by atoms with Gasteiger partial charge in [-0.1, -0.05) is 31.0 Å². The standard InChI is InChI=1S/C13H16N2O/c16-13-14-11-8-4-5-9-12(11)15(13)10-6-2-1-3-7-10/h1-3,6-7,11-12H,4-5,8-9H2,(H,14,16)/t11-,12-/m1/s1. The van der Waals surface area contributed by atoms with E-state index >= 15 is 0 Å². The highest BCUT2D eigenvalue weighted by atomic mass is 16.2. The van der Waals surface area contributed by atoms with Crippen molar-refractivity contribution in [2.45, 2.75) is 37.8 Å². The maximum Gasteiger partial charge on any atom is 0.322 e. The second kappa shape index (κ2) is 3.81. The van der Waals surface area contributed by atoms with Gasteiger partial charge in [0.05, 0.1) is 12.1 Å². The minimum atomic E-state index is 0.0723. The second-order valence-electron chi connectivity index (χ2n) is 4.61. The molecule has 2 amide bonds. The molecule has 1 aliphatic heterocycles. The smallest absolute Gasteiger partial charge is 0.322 e. The van der Waals surface area contributed by atoms with Gasteiger partial charge in [0.15, 0.2) is 0 Å². The zero-order valence-electron chi connectivity index (χ0n) is 9.23. The van der Waals surface area contributed by atoms with Crippen LogP contribution in [0.2, 0.25) is 0 Å². The van der Waals surface area contributed by atoms with Gasteiger partial charge in [-0.3, -0.25) is 4.90 Å². The molecule has 0 radical (unpaired) electrons. The lowest BCUT2D eigenvalue weighted by molar-refractivity contribution is 0.250. The highest BCUT2D eigenvalue weighted by Gasteiger charge is 2.40. The molecule has 1 saturated heterocycles. The number of hydrogen-bond donors (Lipinski definition) is 1. The summed E-state index contributed by atoms with van der Waals surface area (Å²) in [6.07, 6.45) is 4.72. The fraction of sp³-hybridized carbons (Fsp3) is 0.462. The van der Waals surface area contributed by atoms with Gasteiger partial charge in [-0.2, -0.15) is 0 Å². The van der Waals surface area contributed by atoms with Crippen molar-refractivity contribution in [2.75, 3.05) is 4.90 Å². The van der Waals surface area contributed by atoms with E-state index in [1.165, 1.54) is 12.8 Å². The summed E-state index contributed by atoms with van der Waals surface area (Å²) in [6.45, 7) is 0. The summed E-state index contributed by atoms with van der Waals surface area (Å²) in [6, 6.07) is 10.8. The normalized spacial score (nSPS) is 28.8. The molecule has 2 aliphatic rings. The van der Waals surface area contributed by atoms with Crippen molar-refractivity contribution in [1.29, 1.82) is 0 Å². The summed E-state index contributed by atoms with van der Waals surface area (Å²) >= 11 is 0. The number of rotatable bonds is 1. The first kappa shape index (κ1) is 9.70. The van der Waals surface area contributed by atoms with Crippen LogP contribution in [0.3, 0.4) is 0 Å². The van der Waals surface area contributed by atoms with Crippen LogP contribution in [-0.4, -0.2) is 18.1 Å². The Bertz CT molecular complexity index is 390. The maximum absolute atomic E-state index is 12.0. The van der Waals surface area contributed by atoms with Crippen LogP contribution >= 0.6 is 0 Å². The Labute approximate surface area is 95.4 Å². The Morgan fingerprint density at radius 3 is 2.69 bits per heavy atom. The van der Waals surface area contributed by atoms with E-state index in [1.54, 1.807) is 0 Å². The predicted molar refractivity (Wildman–Crippen MR) is 63.5 cm³/mol. The topological polar surface area (TPSA) is 32.3 Å². The Morgan fingerprint density at radius 1 is 1.12 bits per heavy atom. The molecule has 0 spiro atoms. The van der Waals surface area contributed by atoms with Crippen LogP contribution in [0.25, 0.3) is 0 Å². The lowest BCUT2D eigenvalue weighted by Gasteiger charge is -2.29. The molecule has 0 aromatic heterocycles. The molecular formula is C13H16N2O. The number of hydrogen-bond acceptors (Lipinski definition) is 1. The number of benzene rings is 1. The average Bonchev–Trinajstić information content (AvgIpc) is 2.66. The summed E-state index contributed by atoms with van der Waals surface area (Å²) in [4.78, 5) is 13.9. The van der Waals surface area contributed by atoms with Gasteiger partial charge in [0.25, 0.3) is 0 Å². The molecular weight excluding hydrogens is 200 g/mol. The first-order chi connectivity index (χ1) is 7.86. The Hall–Kier alpha value is -1.51. The summed E-state index contributed by atoms with van der Waals surface area (Å²) in [5.41, 5.74) is 1.02. The first-order valence-electron chi connectivity index (χ1n) is 6.01. The highest BCUT2D eigenvalue weighted by molar-refractivity contribution is 5.95. The van der Waals surface area contributed by atoms with Crippen LogP contribution in [0.4, 0.5) is 10.5 Å². The van der Waals surface area contributed by atoms with E-state index in [-0.39, 0.29) is 6.03 Å². The van der Waals surface area contributed by atoms with E-state index in [4.69, 9.17) is 0 Å². The fourth-order valence-electron chi connectivity index (χ4n) is 2.86. The third-order valence-corrected chi connectivity index (χ3v) is 3.62. The van der Waals surface area contributed by atoms with Crippen molar-refractivity contribution >= 4 is 11.7 Å². The van der Waals surface area contributed by atoms with E-state index in [0.717, 1.165) is 18.5 Å². The molecule has 1 N–H and O–H groups in total. The monoisotopic (exact) mass is 216 g/mol. The van der Waals surface area contributed by atoms with Gasteiger partial charge >= 0.3 is 6.03 Å². The largest absolute Gasteiger partial charge is 0.333 e. The molecule has 1 aliphatic carbocycles. The van der Waals surface area contributed by atoms with Crippen LogP contribution in [0.15, 0.2) is 30.3 Å². The van der Waals surface area contributed by atoms with Crippen LogP contribution in [0, 0.1) is 0 Å². The van der Waals surface area contributed by atoms with Gasteiger partial charge in [0.2, 0.25) is 0 Å². The van der Waals surface area contributed by atoms with Crippen molar-refractivity contribution in [3.8, 4) is 0 Å². The molecule has 3 heteroatoms. The van der Waals surface area contributed by atoms with Gasteiger partial charge < -0.3 is 5.32 Å². The van der Waals surface area contributed by atoms with Crippen molar-refractivity contribution in [1.82, 2.24) is 5.32 Å². The number of fused-ring (bicyclic) bond motifs is 1. The van der Waals surface area contributed by atoms with Gasteiger partial charge in [-0.15, -0.1) is 0 Å². The van der Waals surface area contributed by atoms with Crippen molar-refractivity contribution < 1.29 is 4.79 Å². The van der Waals surface area contributed by atoms with E-state index < -0.39 is 0 Å². The number of carbonyl (C=O) groups is 1. The molecule has 1 aromatic rings. The van der Waals surface area contributed by atoms with Gasteiger partial charge in [-0.25, -0.2) is 4.79 Å². The maximum atomic E-state index is 12.0. The van der Waals surface area contributed by atoms with E-state index in [2.05, 4.69) is 5.32 Å². The number of para-hydroxylation sites is 1. The number of nitrogens with zero attached hydrogens (tertiary/aromatic N) is 1. The number of nitrogens with one attached hydrogen (secondary N) is 1. The third-order valence-electron chi connectivity index (χ3n) is 3.62. The van der Waals surface area contributed by atoms with Crippen LogP contribution in [0.1, 0.15) is 25.7 Å². The SMILES string of the molecule is O=C1N[C@@H]2CCCC[C@H]2N1c1ccccc1. The first-order valence-corrected chi connectivity index (χ1v) is 6.01. The minimum Gasteiger partial charge on any atom is -0.333 e. The van der Waals surface area contributed by atoms with E-state index in [0.29, 0.717) is 12.1 Å². The Balaban J connectivity index is 1.91. The Morgan fingerprint density at radius 2 is 1.88 bits per heavy atom. The van der Waals surface area contributed by atoms with Gasteiger partial charge in [0, 0.05) is 5.69 Å². The van der Waals surface area contributed by atoms with Crippen molar-refractivity contribution in [3.05, 3.63) is 30.3 Å². The van der Waals surface area contributed by atoms with E-state index in [1.807, 2.05) is 35.2 Å². The van der Waals surface area contributed by atoms with Crippen LogP contribution < -0.4 is 10.2 Å². The zero-order chi connectivity index (χ0) is 11.0. The third kappa shape index (κ3) is 1.47. The molecule has 2 atom stereocenters. The van der Waals surface area contributed by atoms with Crippen LogP contribution in [0.5, 0.6) is 0 Å². The summed E-state index contributed by atoms with van der Waals surface area (Å²) in [5.74, 6) is 0. The molecule has 1 heterocycles. The van der Waals surface area contributed by atoms with Crippen LogP contribution in [-0.2, 0) is 0 Å². The number of amides is 2. The molecule has 16 heavy (non-hydrogen) atoms. The predicted octanol–water partition coefficient (Wildman–Crippen LogP) is 2.53. The molecule has 0 unspecified atom stereocenters. The second-order valence-corrected chi connectivity index (χ2v) is 4.61. The summed E-state index contributed by atoms with van der Waals surface area (Å²) in [5, 5.41) is 3.09. The van der Waals surface area contributed by atoms with Crippen molar-refractivity contribution in [2.24, 2.45) is 0 Å². The van der Waals surface area contributed by atoms with E-state index in [9.17, 15) is 4.79 Å². The quantitative estimate of drug-likeness (QED) is 0.768. The fourth-order valence-corrected chi connectivity index (χ4v) is 2.86. The van der Waals surface area contributed by atoms with Gasteiger partial charge in [-0.05, 0) is 25.0 Å². The zero-order valence-corrected chi connectivity index (χ0v) is 9.23. The Kier molecular flexibility index (Phi) is 2.31. The molecule has 1 saturated carbocycles. The molecule has 0 bridgehead atoms. The highest BCUT2D eigenvalue weighted by Crippen LogP contribution is 2.31. The van der Waals surface area contributed by atoms with Gasteiger partial charge in [0.1, 0.15) is 0 Å². The lowest BCUT2D eigenvalue weighted by atomic mass is 9.91. The lowest BCUT2D eigenvalue weighted by Crippen LogP contribution is -2.39. The number of urea groups is 1. The number of anilines is 1. The molecule has 3 rings (SSSR count). The summed E-state index contributed by atoms with van der Waals surface area (Å²) < 4.78 is 0.